The van der Waals surface area contributed by atoms with Crippen LogP contribution < -0.4 is 5.32 Å². The van der Waals surface area contributed by atoms with Crippen molar-refractivity contribution in [2.24, 2.45) is 45.8 Å². The van der Waals surface area contributed by atoms with E-state index in [-0.39, 0.29) is 52.3 Å². The van der Waals surface area contributed by atoms with Gasteiger partial charge in [0.1, 0.15) is 18.4 Å². The Labute approximate surface area is 309 Å². The number of amides is 1. The van der Waals surface area contributed by atoms with Crippen LogP contribution in [0.5, 0.6) is 0 Å². The van der Waals surface area contributed by atoms with Crippen LogP contribution in [-0.2, 0) is 23.8 Å². The van der Waals surface area contributed by atoms with Crippen LogP contribution in [0.3, 0.4) is 0 Å². The summed E-state index contributed by atoms with van der Waals surface area (Å²) in [6.45, 7) is 10.8. The highest BCUT2D eigenvalue weighted by molar-refractivity contribution is 5.95. The van der Waals surface area contributed by atoms with Crippen molar-refractivity contribution >= 4 is 11.7 Å². The summed E-state index contributed by atoms with van der Waals surface area (Å²) in [4.78, 5) is 29.4. The van der Waals surface area contributed by atoms with Gasteiger partial charge in [0.25, 0.3) is 0 Å². The molecule has 11 heteroatoms. The molecule has 1 spiro atoms. The zero-order chi connectivity index (χ0) is 37.0. The number of aliphatic hydroxyl groups is 4. The molecule has 0 bridgehead atoms. The molecule has 5 aliphatic carbocycles. The maximum absolute atomic E-state index is 14.0. The van der Waals surface area contributed by atoms with Gasteiger partial charge in [-0.1, -0.05) is 33.6 Å². The van der Waals surface area contributed by atoms with E-state index in [1.807, 2.05) is 4.90 Å². The number of allylic oxidation sites excluding steroid dienone is 1. The number of methoxy groups -OCH3 is 1. The molecule has 0 unspecified atom stereocenters. The third-order valence-corrected chi connectivity index (χ3v) is 16.7. The van der Waals surface area contributed by atoms with E-state index in [0.717, 1.165) is 70.0 Å². The van der Waals surface area contributed by atoms with Crippen LogP contribution in [0.25, 0.3) is 0 Å². The van der Waals surface area contributed by atoms with Gasteiger partial charge in [-0.2, -0.15) is 0 Å². The Balaban J connectivity index is 1.03. The summed E-state index contributed by atoms with van der Waals surface area (Å²) < 4.78 is 18.0. The molecule has 3 heterocycles. The molecule has 3 aliphatic heterocycles. The Kier molecular flexibility index (Phi) is 9.42. The molecule has 0 aromatic rings. The number of rotatable bonds is 9. The SMILES string of the molecule is COCCCO[C@H]1CC[C@@]2(C)[C@@H](C1)C(=O)C=C1[C@@H]2CC[C@]2(C)[C@@H]([C@](C)(O)[C@H](O)[C@H]3O[C@@H]4[C@@H]([C@H]3C)C3(CCCC3)[C@H](C(=O)N3CC3)N[C@@H]4O)CC[C@@]12O. The van der Waals surface area contributed by atoms with E-state index < -0.39 is 53.1 Å². The number of piperidine rings is 1. The van der Waals surface area contributed by atoms with Crippen LogP contribution in [0.4, 0.5) is 0 Å². The zero-order valence-electron chi connectivity index (χ0n) is 32.0. The lowest BCUT2D eigenvalue weighted by molar-refractivity contribution is -0.203. The van der Waals surface area contributed by atoms with E-state index in [1.54, 1.807) is 20.1 Å². The van der Waals surface area contributed by atoms with Gasteiger partial charge >= 0.3 is 0 Å². The first-order valence-corrected chi connectivity index (χ1v) is 20.5. The molecule has 0 aromatic carbocycles. The first-order valence-electron chi connectivity index (χ1n) is 20.5. The summed E-state index contributed by atoms with van der Waals surface area (Å²) in [6, 6.07) is -0.494. The lowest BCUT2D eigenvalue weighted by Crippen LogP contribution is -2.67. The van der Waals surface area contributed by atoms with Gasteiger partial charge in [-0.05, 0) is 106 Å². The van der Waals surface area contributed by atoms with Crippen LogP contribution in [-0.4, -0.2) is 118 Å². The fourth-order valence-corrected chi connectivity index (χ4v) is 13.8. The molecule has 52 heavy (non-hydrogen) atoms. The highest BCUT2D eigenvalue weighted by Gasteiger charge is 2.71. The van der Waals surface area contributed by atoms with Gasteiger partial charge in [0.05, 0.1) is 29.5 Å². The molecular weight excluding hydrogens is 664 g/mol. The molecule has 0 radical (unpaired) electrons. The Hall–Kier alpha value is -1.44. The van der Waals surface area contributed by atoms with Crippen molar-refractivity contribution in [2.75, 3.05) is 33.4 Å². The molecule has 7 fully saturated rings. The second kappa shape index (κ2) is 13.1. The molecule has 8 rings (SSSR count). The van der Waals surface area contributed by atoms with Gasteiger partial charge in [0, 0.05) is 56.1 Å². The summed E-state index contributed by atoms with van der Waals surface area (Å²) >= 11 is 0. The van der Waals surface area contributed by atoms with Crippen molar-refractivity contribution in [1.82, 2.24) is 10.2 Å². The van der Waals surface area contributed by atoms with E-state index in [4.69, 9.17) is 14.2 Å². The molecule has 1 amide bonds. The predicted molar refractivity (Wildman–Crippen MR) is 192 cm³/mol. The highest BCUT2D eigenvalue weighted by Crippen LogP contribution is 2.69. The smallest absolute Gasteiger partial charge is 0.240 e. The van der Waals surface area contributed by atoms with Crippen LogP contribution in [0.15, 0.2) is 11.6 Å². The number of ketones is 1. The number of hydrogen-bond acceptors (Lipinski definition) is 10. The van der Waals surface area contributed by atoms with Crippen LogP contribution in [0.2, 0.25) is 0 Å². The Morgan fingerprint density at radius 1 is 1.10 bits per heavy atom. The fraction of sp³-hybridized carbons (Fsp3) is 0.902. The zero-order valence-corrected chi connectivity index (χ0v) is 32.0. The third-order valence-electron chi connectivity index (χ3n) is 16.7. The van der Waals surface area contributed by atoms with E-state index in [2.05, 4.69) is 26.1 Å². The normalized spacial score (nSPS) is 48.0. The molecular formula is C41H64N2O9. The third kappa shape index (κ3) is 5.33. The number of ether oxygens (including phenoxy) is 3. The van der Waals surface area contributed by atoms with Crippen molar-refractivity contribution in [2.45, 2.75) is 153 Å². The molecule has 4 saturated carbocycles. The maximum Gasteiger partial charge on any atom is 0.240 e. The van der Waals surface area contributed by atoms with E-state index >= 15 is 0 Å². The van der Waals surface area contributed by atoms with Crippen molar-refractivity contribution in [3.63, 3.8) is 0 Å². The Morgan fingerprint density at radius 2 is 1.83 bits per heavy atom. The van der Waals surface area contributed by atoms with Gasteiger partial charge < -0.3 is 39.5 Å². The number of nitrogens with one attached hydrogen (secondary N) is 1. The molecule has 11 nitrogen and oxygen atoms in total. The highest BCUT2D eigenvalue weighted by atomic mass is 16.5. The van der Waals surface area contributed by atoms with Gasteiger partial charge in [-0.25, -0.2) is 0 Å². The summed E-state index contributed by atoms with van der Waals surface area (Å²) in [7, 11) is 1.69. The largest absolute Gasteiger partial charge is 0.387 e. The van der Waals surface area contributed by atoms with Crippen LogP contribution in [0, 0.1) is 45.8 Å². The van der Waals surface area contributed by atoms with Crippen LogP contribution >= 0.6 is 0 Å². The number of nitrogens with zero attached hydrogens (tertiary/aromatic N) is 1. The topological polar surface area (TPSA) is 158 Å². The lowest BCUT2D eigenvalue weighted by Gasteiger charge is -2.60. The first-order chi connectivity index (χ1) is 24.6. The minimum absolute atomic E-state index is 0.0463. The summed E-state index contributed by atoms with van der Waals surface area (Å²) in [6.07, 6.45) is 7.48. The number of aliphatic hydroxyl groups excluding tert-OH is 2. The molecule has 0 aromatic heterocycles. The van der Waals surface area contributed by atoms with E-state index in [0.29, 0.717) is 38.9 Å². The summed E-state index contributed by atoms with van der Waals surface area (Å²) in [5.41, 5.74) is -3.51. The van der Waals surface area contributed by atoms with E-state index in [9.17, 15) is 30.0 Å². The summed E-state index contributed by atoms with van der Waals surface area (Å²) in [5.74, 6) is -0.789. The van der Waals surface area contributed by atoms with Crippen molar-refractivity contribution in [1.29, 1.82) is 0 Å². The van der Waals surface area contributed by atoms with E-state index in [1.165, 1.54) is 0 Å². The van der Waals surface area contributed by atoms with Gasteiger partial charge in [-0.3, -0.25) is 14.9 Å². The second-order valence-electron chi connectivity index (χ2n) is 19.1. The average molecular weight is 729 g/mol. The fourth-order valence-electron chi connectivity index (χ4n) is 13.8. The van der Waals surface area contributed by atoms with Crippen molar-refractivity contribution in [3.05, 3.63) is 11.6 Å². The van der Waals surface area contributed by atoms with Gasteiger partial charge in [0.2, 0.25) is 5.91 Å². The van der Waals surface area contributed by atoms with Crippen molar-refractivity contribution < 1.29 is 44.2 Å². The minimum Gasteiger partial charge on any atom is -0.387 e. The summed E-state index contributed by atoms with van der Waals surface area (Å²) in [5, 5.41) is 52.4. The quantitative estimate of drug-likeness (QED) is 0.177. The van der Waals surface area contributed by atoms with Gasteiger partial charge in [-0.15, -0.1) is 0 Å². The number of carbonyl (C=O) groups is 2. The molecule has 8 aliphatic rings. The lowest BCUT2D eigenvalue weighted by atomic mass is 9.45. The number of carbonyl (C=O) groups excluding carboxylic acids is 2. The van der Waals surface area contributed by atoms with Crippen molar-refractivity contribution in [3.8, 4) is 0 Å². The standard InChI is InChI=1S/C41H64N2O9/c1-23-30-32(35(46)42-33(36(47)43-17-18-43)40(30)12-6-7-13-40)52-31(23)34(45)39(4,48)29-11-16-41(49)26-22-28(44)27-21-24(51-20-8-19-50-5)9-14-37(27,2)25(26)10-15-38(29,41)3/h22-25,27,29-35,42,45-46,48-49H,6-21H2,1-5H3/t23-,24+,25+,27+,29+,30-,31+,32-,33+,34-,35-,37-,38-,39+,41-/m1/s1. The van der Waals surface area contributed by atoms with Crippen LogP contribution in [0.1, 0.15) is 105 Å². The Bertz CT molecular complexity index is 1440. The molecule has 5 N–H and O–H groups in total. The first kappa shape index (κ1) is 37.5. The maximum atomic E-state index is 14.0. The predicted octanol–water partition coefficient (Wildman–Crippen LogP) is 3.11. The number of fused-ring (bicyclic) bond motifs is 7. The molecule has 15 atom stereocenters. The van der Waals surface area contributed by atoms with Gasteiger partial charge in [0.15, 0.2) is 5.78 Å². The monoisotopic (exact) mass is 728 g/mol. The second-order valence-corrected chi connectivity index (χ2v) is 19.1. The number of hydrogen-bond donors (Lipinski definition) is 5. The Morgan fingerprint density at radius 3 is 2.52 bits per heavy atom. The molecule has 292 valence electrons. The molecule has 3 saturated heterocycles. The average Bonchev–Trinajstić information content (AvgIpc) is 3.64. The minimum atomic E-state index is -1.63.